The molecule has 8 nitrogen and oxygen atoms in total. The van der Waals surface area contributed by atoms with E-state index in [0.717, 1.165) is 19.4 Å². The number of amides is 3. The van der Waals surface area contributed by atoms with Crippen LogP contribution in [0.5, 0.6) is 0 Å². The van der Waals surface area contributed by atoms with E-state index in [1.807, 2.05) is 14.1 Å². The molecule has 0 atom stereocenters. The van der Waals surface area contributed by atoms with Crippen LogP contribution in [0, 0.1) is 0 Å². The summed E-state index contributed by atoms with van der Waals surface area (Å²) < 4.78 is 0. The molecule has 0 unspecified atom stereocenters. The van der Waals surface area contributed by atoms with Gasteiger partial charge in [-0.25, -0.2) is 0 Å². The van der Waals surface area contributed by atoms with Gasteiger partial charge >= 0.3 is 0 Å². The van der Waals surface area contributed by atoms with Gasteiger partial charge < -0.3 is 20.0 Å². The molecule has 25 heavy (non-hydrogen) atoms. The van der Waals surface area contributed by atoms with Crippen LogP contribution in [0.1, 0.15) is 27.1 Å². The number of rotatable bonds is 7. The fraction of sp³-hybridized carbons (Fsp3) is 0.529. The molecule has 1 saturated heterocycles. The second kappa shape index (κ2) is 9.12. The maximum atomic E-state index is 12.5. The average molecular weight is 347 g/mol. The molecule has 3 amide bonds. The van der Waals surface area contributed by atoms with Gasteiger partial charge in [0, 0.05) is 45.1 Å². The lowest BCUT2D eigenvalue weighted by molar-refractivity contribution is -0.119. The van der Waals surface area contributed by atoms with Crippen molar-refractivity contribution in [3.63, 3.8) is 0 Å². The Kier molecular flexibility index (Phi) is 6.88. The molecule has 1 aromatic heterocycles. The number of hydrogen-bond acceptors (Lipinski definition) is 5. The lowest BCUT2D eigenvalue weighted by Crippen LogP contribution is -2.48. The van der Waals surface area contributed by atoms with Crippen molar-refractivity contribution in [1.29, 1.82) is 0 Å². The molecular formula is C17H25N5O3. The monoisotopic (exact) mass is 347 g/mol. The predicted octanol–water partition coefficient (Wildman–Crippen LogP) is -0.323. The molecule has 1 aliphatic rings. The zero-order valence-corrected chi connectivity index (χ0v) is 14.8. The van der Waals surface area contributed by atoms with Crippen LogP contribution in [0.25, 0.3) is 0 Å². The molecule has 1 fully saturated rings. The first-order chi connectivity index (χ1) is 12.0. The summed E-state index contributed by atoms with van der Waals surface area (Å²) in [5.74, 6) is -0.396. The smallest absolute Gasteiger partial charge is 0.255 e. The van der Waals surface area contributed by atoms with E-state index in [-0.39, 0.29) is 11.8 Å². The quantitative estimate of drug-likeness (QED) is 0.540. The zero-order valence-electron chi connectivity index (χ0n) is 14.8. The van der Waals surface area contributed by atoms with E-state index in [0.29, 0.717) is 43.9 Å². The van der Waals surface area contributed by atoms with E-state index in [1.165, 1.54) is 12.4 Å². The summed E-state index contributed by atoms with van der Waals surface area (Å²) in [4.78, 5) is 44.9. The first-order valence-corrected chi connectivity index (χ1v) is 8.38. The Bertz CT molecular complexity index is 612. The molecule has 0 aromatic carbocycles. The first-order valence-electron chi connectivity index (χ1n) is 8.38. The van der Waals surface area contributed by atoms with Crippen molar-refractivity contribution < 1.29 is 14.4 Å². The molecule has 2 heterocycles. The summed E-state index contributed by atoms with van der Waals surface area (Å²) >= 11 is 0. The van der Waals surface area contributed by atoms with Crippen LogP contribution >= 0.6 is 0 Å². The molecule has 0 bridgehead atoms. The highest BCUT2D eigenvalue weighted by atomic mass is 16.2. The highest BCUT2D eigenvalue weighted by molar-refractivity contribution is 5.99. The van der Waals surface area contributed by atoms with Crippen LogP contribution in [0.2, 0.25) is 0 Å². The van der Waals surface area contributed by atoms with Crippen molar-refractivity contribution in [1.82, 2.24) is 25.0 Å². The Labute approximate surface area is 147 Å². The van der Waals surface area contributed by atoms with Crippen molar-refractivity contribution in [2.45, 2.75) is 6.42 Å². The van der Waals surface area contributed by atoms with Gasteiger partial charge in [0.05, 0.1) is 11.1 Å². The van der Waals surface area contributed by atoms with E-state index < -0.39 is 0 Å². The lowest BCUT2D eigenvalue weighted by Gasteiger charge is -2.32. The number of carbonyl (C=O) groups excluding carboxylic acids is 3. The van der Waals surface area contributed by atoms with Gasteiger partial charge in [-0.15, -0.1) is 0 Å². The summed E-state index contributed by atoms with van der Waals surface area (Å²) in [5.41, 5.74) is 0.766. The number of aromatic nitrogens is 1. The van der Waals surface area contributed by atoms with Crippen LogP contribution < -0.4 is 5.32 Å². The van der Waals surface area contributed by atoms with Gasteiger partial charge in [-0.05, 0) is 33.1 Å². The Morgan fingerprint density at radius 2 is 1.88 bits per heavy atom. The third-order valence-corrected chi connectivity index (χ3v) is 4.07. The van der Waals surface area contributed by atoms with Crippen molar-refractivity contribution >= 4 is 18.2 Å². The number of piperazine rings is 1. The van der Waals surface area contributed by atoms with Crippen molar-refractivity contribution in [2.24, 2.45) is 0 Å². The minimum atomic E-state index is -0.230. The minimum absolute atomic E-state index is 0.166. The van der Waals surface area contributed by atoms with Gasteiger partial charge in [-0.3, -0.25) is 19.4 Å². The van der Waals surface area contributed by atoms with Gasteiger partial charge in [0.2, 0.25) is 6.41 Å². The number of pyridine rings is 1. The van der Waals surface area contributed by atoms with Crippen LogP contribution in [-0.4, -0.2) is 91.3 Å². The molecule has 2 rings (SSSR count). The number of carbonyl (C=O) groups is 3. The molecular weight excluding hydrogens is 322 g/mol. The largest absolute Gasteiger partial charge is 0.352 e. The fourth-order valence-electron chi connectivity index (χ4n) is 2.59. The standard InChI is InChI=1S/C17H25N5O3/c1-20(2)5-3-4-19-16(24)14-10-15(12-18-11-14)17(25)22-8-6-21(13-23)7-9-22/h10-13H,3-9H2,1-2H3,(H,19,24). The Balaban J connectivity index is 1.92. The van der Waals surface area contributed by atoms with E-state index in [9.17, 15) is 14.4 Å². The minimum Gasteiger partial charge on any atom is -0.352 e. The van der Waals surface area contributed by atoms with E-state index in [1.54, 1.807) is 15.9 Å². The molecule has 0 saturated carbocycles. The van der Waals surface area contributed by atoms with Gasteiger partial charge in [-0.1, -0.05) is 0 Å². The highest BCUT2D eigenvalue weighted by Crippen LogP contribution is 2.09. The SMILES string of the molecule is CN(C)CCCNC(=O)c1cncc(C(=O)N2CCN(C=O)CC2)c1. The van der Waals surface area contributed by atoms with Gasteiger partial charge in [0.15, 0.2) is 0 Å². The van der Waals surface area contributed by atoms with Crippen molar-refractivity contribution in [3.8, 4) is 0 Å². The van der Waals surface area contributed by atoms with E-state index >= 15 is 0 Å². The number of nitrogens with one attached hydrogen (secondary N) is 1. The van der Waals surface area contributed by atoms with Crippen LogP contribution in [0.3, 0.4) is 0 Å². The van der Waals surface area contributed by atoms with Crippen molar-refractivity contribution in [2.75, 3.05) is 53.4 Å². The third-order valence-electron chi connectivity index (χ3n) is 4.07. The van der Waals surface area contributed by atoms with E-state index in [4.69, 9.17) is 0 Å². The molecule has 1 N–H and O–H groups in total. The maximum absolute atomic E-state index is 12.5. The van der Waals surface area contributed by atoms with Crippen LogP contribution in [0.15, 0.2) is 18.5 Å². The Hall–Kier alpha value is -2.48. The Morgan fingerprint density at radius 3 is 2.52 bits per heavy atom. The van der Waals surface area contributed by atoms with Crippen LogP contribution in [-0.2, 0) is 4.79 Å². The highest BCUT2D eigenvalue weighted by Gasteiger charge is 2.22. The molecule has 0 aliphatic carbocycles. The summed E-state index contributed by atoms with van der Waals surface area (Å²) in [6, 6.07) is 1.57. The summed E-state index contributed by atoms with van der Waals surface area (Å²) in [5, 5.41) is 2.84. The molecule has 8 heteroatoms. The molecule has 1 aliphatic heterocycles. The van der Waals surface area contributed by atoms with E-state index in [2.05, 4.69) is 15.2 Å². The van der Waals surface area contributed by atoms with Gasteiger partial charge in [0.1, 0.15) is 0 Å². The normalized spacial score (nSPS) is 14.5. The molecule has 136 valence electrons. The second-order valence-electron chi connectivity index (χ2n) is 6.31. The van der Waals surface area contributed by atoms with Crippen molar-refractivity contribution in [3.05, 3.63) is 29.6 Å². The second-order valence-corrected chi connectivity index (χ2v) is 6.31. The number of nitrogens with zero attached hydrogens (tertiary/aromatic N) is 4. The third kappa shape index (κ3) is 5.53. The molecule has 1 aromatic rings. The lowest BCUT2D eigenvalue weighted by atomic mass is 10.1. The summed E-state index contributed by atoms with van der Waals surface area (Å²) in [6.07, 6.45) is 4.58. The number of hydrogen-bond donors (Lipinski definition) is 1. The van der Waals surface area contributed by atoms with Crippen LogP contribution in [0.4, 0.5) is 0 Å². The average Bonchev–Trinajstić information content (AvgIpc) is 2.64. The van der Waals surface area contributed by atoms with Gasteiger partial charge in [0.25, 0.3) is 11.8 Å². The predicted molar refractivity (Wildman–Crippen MR) is 93.3 cm³/mol. The topological polar surface area (TPSA) is 85.8 Å². The van der Waals surface area contributed by atoms with Gasteiger partial charge in [-0.2, -0.15) is 0 Å². The first kappa shape index (κ1) is 18.9. The summed E-state index contributed by atoms with van der Waals surface area (Å²) in [6.45, 7) is 3.48. The summed E-state index contributed by atoms with van der Waals surface area (Å²) in [7, 11) is 3.96. The molecule has 0 spiro atoms. The maximum Gasteiger partial charge on any atom is 0.255 e. The Morgan fingerprint density at radius 1 is 1.20 bits per heavy atom. The fourth-order valence-corrected chi connectivity index (χ4v) is 2.59. The molecule has 0 radical (unpaired) electrons. The zero-order chi connectivity index (χ0) is 18.2.